The summed E-state index contributed by atoms with van der Waals surface area (Å²) in [5, 5.41) is 7.61. The lowest BCUT2D eigenvalue weighted by Crippen LogP contribution is -2.17. The van der Waals surface area contributed by atoms with E-state index in [4.69, 9.17) is 0 Å². The molecule has 0 spiro atoms. The van der Waals surface area contributed by atoms with Crippen LogP contribution in [-0.2, 0) is 6.54 Å². The van der Waals surface area contributed by atoms with Gasteiger partial charge in [0, 0.05) is 35.5 Å². The zero-order chi connectivity index (χ0) is 13.8. The topological polar surface area (TPSA) is 42.2 Å². The molecule has 0 aliphatic heterocycles. The van der Waals surface area contributed by atoms with Crippen LogP contribution in [0.1, 0.15) is 17.8 Å². The number of fused-ring (bicyclic) bond motifs is 1. The van der Waals surface area contributed by atoms with Crippen LogP contribution in [0.2, 0.25) is 0 Å². The Morgan fingerprint density at radius 1 is 1.35 bits per heavy atom. The molecule has 0 amide bonds. The summed E-state index contributed by atoms with van der Waals surface area (Å²) in [7, 11) is 0. The highest BCUT2D eigenvalue weighted by Crippen LogP contribution is 2.20. The minimum atomic E-state index is 0.881. The van der Waals surface area contributed by atoms with Crippen LogP contribution in [0.25, 0.3) is 4.96 Å². The molecule has 0 saturated carbocycles. The number of aryl methyl sites for hydroxylation is 1. The number of hydrogen-bond donors (Lipinski definition) is 1. The van der Waals surface area contributed by atoms with Crippen molar-refractivity contribution < 1.29 is 0 Å². The van der Waals surface area contributed by atoms with Crippen molar-refractivity contribution in [1.29, 1.82) is 0 Å². The van der Waals surface area contributed by atoms with Crippen molar-refractivity contribution in [1.82, 2.24) is 19.7 Å². The van der Waals surface area contributed by atoms with Gasteiger partial charge in [0.25, 0.3) is 0 Å². The number of imidazole rings is 1. The van der Waals surface area contributed by atoms with Gasteiger partial charge in [-0.2, -0.15) is 0 Å². The zero-order valence-electron chi connectivity index (χ0n) is 11.2. The van der Waals surface area contributed by atoms with Gasteiger partial charge in [-0.3, -0.25) is 4.40 Å². The Kier molecular flexibility index (Phi) is 4.72. The van der Waals surface area contributed by atoms with Gasteiger partial charge in [-0.15, -0.1) is 22.7 Å². The summed E-state index contributed by atoms with van der Waals surface area (Å²) in [4.78, 5) is 9.90. The van der Waals surface area contributed by atoms with Crippen molar-refractivity contribution in [2.24, 2.45) is 0 Å². The lowest BCUT2D eigenvalue weighted by atomic mass is 10.3. The van der Waals surface area contributed by atoms with Crippen molar-refractivity contribution in [3.8, 4) is 0 Å². The Bertz CT molecular complexity index is 656. The number of hydrogen-bond acceptors (Lipinski definition) is 6. The Hall–Kier alpha value is -0.890. The first kappa shape index (κ1) is 14.1. The van der Waals surface area contributed by atoms with Crippen molar-refractivity contribution in [2.75, 3.05) is 12.3 Å². The average Bonchev–Trinajstić information content (AvgIpc) is 3.13. The van der Waals surface area contributed by atoms with E-state index in [1.54, 1.807) is 22.7 Å². The zero-order valence-corrected chi connectivity index (χ0v) is 13.7. The van der Waals surface area contributed by atoms with E-state index in [9.17, 15) is 0 Å². The molecule has 3 aromatic heterocycles. The van der Waals surface area contributed by atoms with Crippen molar-refractivity contribution >= 4 is 39.4 Å². The first-order chi connectivity index (χ1) is 9.84. The molecule has 3 rings (SSSR count). The SMILES string of the molecule is Cc1nc2sccn2c1CNCCCSc1nccs1. The van der Waals surface area contributed by atoms with Gasteiger partial charge in [-0.1, -0.05) is 11.8 Å². The summed E-state index contributed by atoms with van der Waals surface area (Å²) in [6.45, 7) is 3.98. The molecule has 7 heteroatoms. The van der Waals surface area contributed by atoms with Gasteiger partial charge in [0.05, 0.1) is 11.4 Å². The van der Waals surface area contributed by atoms with Gasteiger partial charge in [-0.05, 0) is 19.9 Å². The molecule has 0 fully saturated rings. The third-order valence-electron chi connectivity index (χ3n) is 2.99. The molecular formula is C13H16N4S3. The number of nitrogens with zero attached hydrogens (tertiary/aromatic N) is 3. The fourth-order valence-electron chi connectivity index (χ4n) is 2.00. The van der Waals surface area contributed by atoms with E-state index in [0.717, 1.165) is 40.3 Å². The number of thioether (sulfide) groups is 1. The molecule has 0 bridgehead atoms. The van der Waals surface area contributed by atoms with Crippen molar-refractivity contribution in [3.05, 3.63) is 34.5 Å². The molecule has 0 saturated heterocycles. The standard InChI is InChI=1S/C13H16N4S3/c1-10-11(17-5-8-18-12(17)16-10)9-14-3-2-6-19-13-15-4-7-20-13/h4-5,7-8,14H,2-3,6,9H2,1H3. The quantitative estimate of drug-likeness (QED) is 0.534. The van der Waals surface area contributed by atoms with Gasteiger partial charge in [-0.25, -0.2) is 9.97 Å². The van der Waals surface area contributed by atoms with E-state index in [1.165, 1.54) is 5.69 Å². The molecule has 0 atom stereocenters. The lowest BCUT2D eigenvalue weighted by Gasteiger charge is -2.04. The molecule has 4 nitrogen and oxygen atoms in total. The van der Waals surface area contributed by atoms with E-state index in [1.807, 2.05) is 23.3 Å². The second-order valence-electron chi connectivity index (χ2n) is 4.38. The summed E-state index contributed by atoms with van der Waals surface area (Å²) in [6, 6.07) is 0. The maximum absolute atomic E-state index is 4.55. The largest absolute Gasteiger partial charge is 0.311 e. The minimum Gasteiger partial charge on any atom is -0.311 e. The molecule has 1 N–H and O–H groups in total. The Morgan fingerprint density at radius 3 is 3.15 bits per heavy atom. The molecule has 20 heavy (non-hydrogen) atoms. The maximum Gasteiger partial charge on any atom is 0.194 e. The summed E-state index contributed by atoms with van der Waals surface area (Å²) in [5.74, 6) is 1.11. The fraction of sp³-hybridized carbons (Fsp3) is 0.385. The van der Waals surface area contributed by atoms with Gasteiger partial charge < -0.3 is 5.32 Å². The highest BCUT2D eigenvalue weighted by atomic mass is 32.2. The second-order valence-corrected chi connectivity index (χ2v) is 7.49. The van der Waals surface area contributed by atoms with Gasteiger partial charge in [0.1, 0.15) is 4.34 Å². The summed E-state index contributed by atoms with van der Waals surface area (Å²) < 4.78 is 3.34. The van der Waals surface area contributed by atoms with Crippen LogP contribution in [0, 0.1) is 6.92 Å². The van der Waals surface area contributed by atoms with E-state index in [0.29, 0.717) is 0 Å². The van der Waals surface area contributed by atoms with E-state index >= 15 is 0 Å². The molecule has 106 valence electrons. The number of thiazole rings is 2. The number of rotatable bonds is 7. The second kappa shape index (κ2) is 6.71. The van der Waals surface area contributed by atoms with Crippen LogP contribution in [0.3, 0.4) is 0 Å². The third-order valence-corrected chi connectivity index (χ3v) is 5.80. The molecule has 0 aliphatic rings. The number of nitrogens with one attached hydrogen (secondary N) is 1. The van der Waals surface area contributed by atoms with Crippen molar-refractivity contribution in [3.63, 3.8) is 0 Å². The van der Waals surface area contributed by atoms with Gasteiger partial charge in [0.2, 0.25) is 0 Å². The molecule has 0 aromatic carbocycles. The highest BCUT2D eigenvalue weighted by Gasteiger charge is 2.08. The maximum atomic E-state index is 4.55. The van der Waals surface area contributed by atoms with E-state index in [2.05, 4.69) is 38.2 Å². The lowest BCUT2D eigenvalue weighted by molar-refractivity contribution is 0.661. The smallest absolute Gasteiger partial charge is 0.194 e. The first-order valence-electron chi connectivity index (χ1n) is 6.48. The van der Waals surface area contributed by atoms with Crippen LogP contribution >= 0.6 is 34.4 Å². The van der Waals surface area contributed by atoms with Crippen LogP contribution in [-0.4, -0.2) is 26.7 Å². The van der Waals surface area contributed by atoms with Crippen LogP contribution in [0.4, 0.5) is 0 Å². The minimum absolute atomic E-state index is 0.881. The van der Waals surface area contributed by atoms with Gasteiger partial charge in [0.15, 0.2) is 4.96 Å². The monoisotopic (exact) mass is 324 g/mol. The van der Waals surface area contributed by atoms with Crippen LogP contribution in [0.5, 0.6) is 0 Å². The predicted molar refractivity (Wildman–Crippen MR) is 87.0 cm³/mol. The normalized spacial score (nSPS) is 11.4. The van der Waals surface area contributed by atoms with Crippen LogP contribution < -0.4 is 5.32 Å². The Balaban J connectivity index is 1.41. The third kappa shape index (κ3) is 3.22. The Labute approximate surface area is 130 Å². The first-order valence-corrected chi connectivity index (χ1v) is 9.23. The van der Waals surface area contributed by atoms with Gasteiger partial charge >= 0.3 is 0 Å². The summed E-state index contributed by atoms with van der Waals surface area (Å²) >= 11 is 5.23. The Morgan fingerprint density at radius 2 is 2.30 bits per heavy atom. The molecule has 0 aliphatic carbocycles. The summed E-state index contributed by atoms with van der Waals surface area (Å²) in [5.41, 5.74) is 2.40. The van der Waals surface area contributed by atoms with Crippen LogP contribution in [0.15, 0.2) is 27.5 Å². The number of aromatic nitrogens is 3. The fourth-order valence-corrected chi connectivity index (χ4v) is 4.42. The molecule has 3 heterocycles. The average molecular weight is 324 g/mol. The highest BCUT2D eigenvalue weighted by molar-refractivity contribution is 8.00. The molecular weight excluding hydrogens is 308 g/mol. The van der Waals surface area contributed by atoms with E-state index < -0.39 is 0 Å². The van der Waals surface area contributed by atoms with Crippen molar-refractivity contribution in [2.45, 2.75) is 24.2 Å². The molecule has 0 unspecified atom stereocenters. The molecule has 0 radical (unpaired) electrons. The van der Waals surface area contributed by atoms with E-state index in [-0.39, 0.29) is 0 Å². The summed E-state index contributed by atoms with van der Waals surface area (Å²) in [6.07, 6.45) is 5.10. The molecule has 3 aromatic rings. The predicted octanol–water partition coefficient (Wildman–Crippen LogP) is 3.43.